The number of nitrogens with zero attached hydrogens (tertiary/aromatic N) is 1. The summed E-state index contributed by atoms with van der Waals surface area (Å²) in [7, 11) is 0. The van der Waals surface area contributed by atoms with E-state index in [0.717, 1.165) is 16.5 Å². The van der Waals surface area contributed by atoms with Crippen molar-refractivity contribution in [1.82, 2.24) is 4.98 Å². The van der Waals surface area contributed by atoms with Crippen LogP contribution in [-0.4, -0.2) is 11.6 Å². The van der Waals surface area contributed by atoms with Crippen LogP contribution in [0.25, 0.3) is 0 Å². The minimum atomic E-state index is 0.530. The summed E-state index contributed by atoms with van der Waals surface area (Å²) in [5.74, 6) is 1.83. The normalized spacial score (nSPS) is 10.8. The lowest BCUT2D eigenvalue weighted by molar-refractivity contribution is 0.286. The third kappa shape index (κ3) is 4.00. The Hall–Kier alpha value is -0.770. The maximum Gasteiger partial charge on any atom is 0.229 e. The van der Waals surface area contributed by atoms with Gasteiger partial charge in [-0.15, -0.1) is 0 Å². The number of nitrogen functional groups attached to an aromatic ring is 1. The van der Waals surface area contributed by atoms with Crippen LogP contribution in [0, 0.1) is 12.8 Å². The first kappa shape index (κ1) is 13.3. The van der Waals surface area contributed by atoms with Crippen LogP contribution in [0.1, 0.15) is 32.3 Å². The van der Waals surface area contributed by atoms with Crippen molar-refractivity contribution >= 4 is 21.7 Å². The largest absolute Gasteiger partial charge is 0.477 e. The summed E-state index contributed by atoms with van der Waals surface area (Å²) in [4.78, 5) is 4.20. The number of pyridine rings is 1. The summed E-state index contributed by atoms with van der Waals surface area (Å²) in [6.07, 6.45) is 2.21. The first-order valence-electron chi connectivity index (χ1n) is 5.56. The van der Waals surface area contributed by atoms with Crippen molar-refractivity contribution in [3.8, 4) is 5.88 Å². The lowest BCUT2D eigenvalue weighted by atomic mass is 10.1. The van der Waals surface area contributed by atoms with E-state index in [2.05, 4.69) is 34.8 Å². The summed E-state index contributed by atoms with van der Waals surface area (Å²) < 4.78 is 6.45. The Bertz CT molecular complexity index is 353. The maximum absolute atomic E-state index is 5.73. The lowest BCUT2D eigenvalue weighted by Gasteiger charge is -2.10. The molecule has 1 rings (SSSR count). The van der Waals surface area contributed by atoms with Gasteiger partial charge in [-0.1, -0.05) is 13.8 Å². The molecule has 0 aromatic carbocycles. The van der Waals surface area contributed by atoms with Crippen LogP contribution < -0.4 is 10.5 Å². The van der Waals surface area contributed by atoms with Gasteiger partial charge in [-0.25, -0.2) is 0 Å². The van der Waals surface area contributed by atoms with Crippen molar-refractivity contribution in [2.24, 2.45) is 5.92 Å². The van der Waals surface area contributed by atoms with E-state index in [4.69, 9.17) is 10.5 Å². The second kappa shape index (κ2) is 6.09. The van der Waals surface area contributed by atoms with E-state index in [-0.39, 0.29) is 0 Å². The second-order valence-electron chi connectivity index (χ2n) is 4.36. The molecule has 0 spiro atoms. The number of halogens is 1. The molecule has 16 heavy (non-hydrogen) atoms. The van der Waals surface area contributed by atoms with Gasteiger partial charge < -0.3 is 10.5 Å². The second-order valence-corrected chi connectivity index (χ2v) is 5.22. The molecule has 3 nitrogen and oxygen atoms in total. The molecule has 0 radical (unpaired) electrons. The van der Waals surface area contributed by atoms with Crippen molar-refractivity contribution in [3.63, 3.8) is 0 Å². The highest BCUT2D eigenvalue weighted by Gasteiger charge is 2.06. The van der Waals surface area contributed by atoms with Crippen LogP contribution in [0.15, 0.2) is 10.5 Å². The molecule has 1 heterocycles. The Morgan fingerprint density at radius 3 is 2.81 bits per heavy atom. The van der Waals surface area contributed by atoms with Crippen LogP contribution in [-0.2, 0) is 0 Å². The highest BCUT2D eigenvalue weighted by Crippen LogP contribution is 2.26. The van der Waals surface area contributed by atoms with Gasteiger partial charge in [0, 0.05) is 0 Å². The fourth-order valence-corrected chi connectivity index (χ4v) is 1.88. The average molecular weight is 287 g/mol. The molecule has 0 unspecified atom stereocenters. The molecular weight excluding hydrogens is 268 g/mol. The van der Waals surface area contributed by atoms with Gasteiger partial charge in [0.15, 0.2) is 0 Å². The first-order valence-corrected chi connectivity index (χ1v) is 6.35. The molecule has 0 bridgehead atoms. The Kier molecular flexibility index (Phi) is 5.06. The smallest absolute Gasteiger partial charge is 0.229 e. The number of anilines is 1. The van der Waals surface area contributed by atoms with E-state index in [0.29, 0.717) is 24.2 Å². The van der Waals surface area contributed by atoms with Crippen molar-refractivity contribution < 1.29 is 4.74 Å². The zero-order chi connectivity index (χ0) is 12.1. The number of aromatic nitrogens is 1. The first-order chi connectivity index (χ1) is 7.50. The van der Waals surface area contributed by atoms with E-state index >= 15 is 0 Å². The molecule has 0 fully saturated rings. The number of ether oxygens (including phenoxy) is 1. The summed E-state index contributed by atoms with van der Waals surface area (Å²) in [5, 5.41) is 0. The Morgan fingerprint density at radius 2 is 2.19 bits per heavy atom. The van der Waals surface area contributed by atoms with Gasteiger partial charge >= 0.3 is 0 Å². The quantitative estimate of drug-likeness (QED) is 0.842. The molecule has 0 aliphatic heterocycles. The maximum atomic E-state index is 5.73. The third-order valence-electron chi connectivity index (χ3n) is 2.34. The van der Waals surface area contributed by atoms with Gasteiger partial charge in [-0.05, 0) is 53.2 Å². The summed E-state index contributed by atoms with van der Waals surface area (Å²) in [5.41, 5.74) is 6.69. The fourth-order valence-electron chi connectivity index (χ4n) is 1.34. The number of nitrogens with two attached hydrogens (primary N) is 1. The van der Waals surface area contributed by atoms with Crippen LogP contribution in [0.3, 0.4) is 0 Å². The van der Waals surface area contributed by atoms with Crippen LogP contribution >= 0.6 is 15.9 Å². The Balaban J connectivity index is 2.51. The molecule has 0 amide bonds. The van der Waals surface area contributed by atoms with Gasteiger partial charge in [0.1, 0.15) is 5.82 Å². The molecule has 1 aromatic rings. The number of hydrogen-bond acceptors (Lipinski definition) is 3. The van der Waals surface area contributed by atoms with Crippen molar-refractivity contribution in [3.05, 3.63) is 16.1 Å². The fraction of sp³-hybridized carbons (Fsp3) is 0.583. The molecule has 0 aliphatic rings. The Morgan fingerprint density at radius 1 is 1.50 bits per heavy atom. The third-order valence-corrected chi connectivity index (χ3v) is 2.91. The van der Waals surface area contributed by atoms with Crippen LogP contribution in [0.5, 0.6) is 5.88 Å². The summed E-state index contributed by atoms with van der Waals surface area (Å²) >= 11 is 3.42. The number of rotatable bonds is 5. The van der Waals surface area contributed by atoms with Crippen LogP contribution in [0.4, 0.5) is 5.82 Å². The molecule has 4 heteroatoms. The van der Waals surface area contributed by atoms with Crippen LogP contribution in [0.2, 0.25) is 0 Å². The van der Waals surface area contributed by atoms with E-state index in [1.165, 1.54) is 6.42 Å². The standard InChI is InChI=1S/C12H19BrN2O/c1-8(2)5-4-6-16-12-10(13)7-9(3)11(14)15-12/h7-8H,4-6H2,1-3H3,(H2,14,15). The van der Waals surface area contributed by atoms with Crippen molar-refractivity contribution in [2.75, 3.05) is 12.3 Å². The van der Waals surface area contributed by atoms with E-state index in [1.54, 1.807) is 0 Å². The SMILES string of the molecule is Cc1cc(Br)c(OCCCC(C)C)nc1N. The summed E-state index contributed by atoms with van der Waals surface area (Å²) in [6.45, 7) is 7.03. The van der Waals surface area contributed by atoms with Gasteiger partial charge in [-0.3, -0.25) is 0 Å². The highest BCUT2D eigenvalue weighted by atomic mass is 79.9. The lowest BCUT2D eigenvalue weighted by Crippen LogP contribution is -2.04. The molecular formula is C12H19BrN2O. The molecule has 2 N–H and O–H groups in total. The predicted octanol–water partition coefficient (Wildman–Crippen LogP) is 3.55. The van der Waals surface area contributed by atoms with Gasteiger partial charge in [0.05, 0.1) is 11.1 Å². The van der Waals surface area contributed by atoms with E-state index in [1.807, 2.05) is 13.0 Å². The average Bonchev–Trinajstić information content (AvgIpc) is 2.19. The monoisotopic (exact) mass is 286 g/mol. The minimum absolute atomic E-state index is 0.530. The van der Waals surface area contributed by atoms with Crippen molar-refractivity contribution in [2.45, 2.75) is 33.6 Å². The molecule has 1 aromatic heterocycles. The minimum Gasteiger partial charge on any atom is -0.477 e. The zero-order valence-electron chi connectivity index (χ0n) is 10.1. The van der Waals surface area contributed by atoms with Crippen molar-refractivity contribution in [1.29, 1.82) is 0 Å². The van der Waals surface area contributed by atoms with E-state index in [9.17, 15) is 0 Å². The Labute approximate surface area is 106 Å². The molecule has 0 atom stereocenters. The molecule has 0 saturated carbocycles. The number of hydrogen-bond donors (Lipinski definition) is 1. The van der Waals surface area contributed by atoms with Gasteiger partial charge in [0.2, 0.25) is 5.88 Å². The molecule has 0 aliphatic carbocycles. The van der Waals surface area contributed by atoms with E-state index < -0.39 is 0 Å². The number of aryl methyl sites for hydroxylation is 1. The summed E-state index contributed by atoms with van der Waals surface area (Å²) in [6, 6.07) is 1.93. The zero-order valence-corrected chi connectivity index (χ0v) is 11.7. The topological polar surface area (TPSA) is 48.1 Å². The predicted molar refractivity (Wildman–Crippen MR) is 70.7 cm³/mol. The van der Waals surface area contributed by atoms with Gasteiger partial charge in [-0.2, -0.15) is 4.98 Å². The molecule has 90 valence electrons. The van der Waals surface area contributed by atoms with Gasteiger partial charge in [0.25, 0.3) is 0 Å². The molecule has 0 saturated heterocycles. The highest BCUT2D eigenvalue weighted by molar-refractivity contribution is 9.10.